The molecule has 8 heteroatoms. The Kier molecular flexibility index (Phi) is 5.69. The fourth-order valence-corrected chi connectivity index (χ4v) is 2.22. The second-order valence-electron chi connectivity index (χ2n) is 4.95. The predicted molar refractivity (Wildman–Crippen MR) is 73.0 cm³/mol. The summed E-state index contributed by atoms with van der Waals surface area (Å²) in [6.07, 6.45) is 0. The van der Waals surface area contributed by atoms with Crippen molar-refractivity contribution in [2.24, 2.45) is 0 Å². The van der Waals surface area contributed by atoms with Crippen molar-refractivity contribution < 1.29 is 23.9 Å². The van der Waals surface area contributed by atoms with E-state index in [0.29, 0.717) is 13.1 Å². The third-order valence-corrected chi connectivity index (χ3v) is 3.45. The molecule has 0 aromatic carbocycles. The Morgan fingerprint density at radius 3 is 2.24 bits per heavy atom. The molecule has 21 heavy (non-hydrogen) atoms. The summed E-state index contributed by atoms with van der Waals surface area (Å²) in [6, 6.07) is -1.61. The summed E-state index contributed by atoms with van der Waals surface area (Å²) in [5, 5.41) is 2.50. The van der Waals surface area contributed by atoms with Crippen LogP contribution in [0.15, 0.2) is 0 Å². The summed E-state index contributed by atoms with van der Waals surface area (Å²) in [6.45, 7) is 5.08. The molecular formula is C13H21N3O5. The number of nitrogens with one attached hydrogen (secondary N) is 1. The highest BCUT2D eigenvalue weighted by Gasteiger charge is 2.35. The van der Waals surface area contributed by atoms with Gasteiger partial charge in [-0.15, -0.1) is 0 Å². The van der Waals surface area contributed by atoms with Crippen LogP contribution < -0.4 is 5.32 Å². The molecule has 0 aliphatic carbocycles. The highest BCUT2D eigenvalue weighted by molar-refractivity contribution is 5.91. The number of hydrogen-bond acceptors (Lipinski definition) is 5. The van der Waals surface area contributed by atoms with E-state index in [2.05, 4.69) is 10.1 Å². The summed E-state index contributed by atoms with van der Waals surface area (Å²) in [5.41, 5.74) is 0. The van der Waals surface area contributed by atoms with Crippen LogP contribution in [0.3, 0.4) is 0 Å². The minimum Gasteiger partial charge on any atom is -0.467 e. The Labute approximate surface area is 123 Å². The van der Waals surface area contributed by atoms with E-state index in [1.807, 2.05) is 0 Å². The van der Waals surface area contributed by atoms with Crippen LogP contribution in [0.1, 0.15) is 20.8 Å². The quantitative estimate of drug-likeness (QED) is 0.656. The van der Waals surface area contributed by atoms with Gasteiger partial charge in [0, 0.05) is 26.9 Å². The van der Waals surface area contributed by atoms with Gasteiger partial charge < -0.3 is 19.9 Å². The average molecular weight is 299 g/mol. The van der Waals surface area contributed by atoms with Crippen molar-refractivity contribution in [2.75, 3.05) is 26.7 Å². The van der Waals surface area contributed by atoms with E-state index in [4.69, 9.17) is 0 Å². The molecule has 0 saturated carbocycles. The summed E-state index contributed by atoms with van der Waals surface area (Å²) < 4.78 is 4.54. The zero-order valence-electron chi connectivity index (χ0n) is 12.7. The molecular weight excluding hydrogens is 278 g/mol. The first kappa shape index (κ1) is 16.9. The van der Waals surface area contributed by atoms with Crippen molar-refractivity contribution in [2.45, 2.75) is 32.9 Å². The predicted octanol–water partition coefficient (Wildman–Crippen LogP) is -1.26. The van der Waals surface area contributed by atoms with Gasteiger partial charge in [-0.3, -0.25) is 14.4 Å². The largest absolute Gasteiger partial charge is 0.467 e. The maximum absolute atomic E-state index is 12.3. The summed E-state index contributed by atoms with van der Waals surface area (Å²) in [7, 11) is 1.23. The number of rotatable bonds is 3. The van der Waals surface area contributed by atoms with Crippen LogP contribution >= 0.6 is 0 Å². The lowest BCUT2D eigenvalue weighted by Crippen LogP contribution is -2.62. The van der Waals surface area contributed by atoms with Gasteiger partial charge in [0.1, 0.15) is 12.1 Å². The second-order valence-corrected chi connectivity index (χ2v) is 4.95. The number of hydrogen-bond donors (Lipinski definition) is 1. The SMILES string of the molecule is COC(=O)C(C)NC(=O)C1CN(C(C)=O)CCN1C(C)=O. The number of esters is 1. The third kappa shape index (κ3) is 4.17. The Morgan fingerprint density at radius 1 is 1.14 bits per heavy atom. The van der Waals surface area contributed by atoms with Crippen molar-refractivity contribution in [3.05, 3.63) is 0 Å². The van der Waals surface area contributed by atoms with E-state index in [0.717, 1.165) is 0 Å². The smallest absolute Gasteiger partial charge is 0.328 e. The molecule has 2 unspecified atom stereocenters. The number of ether oxygens (including phenoxy) is 1. The first-order chi connectivity index (χ1) is 9.77. The van der Waals surface area contributed by atoms with Crippen LogP contribution in [-0.2, 0) is 23.9 Å². The highest BCUT2D eigenvalue weighted by Crippen LogP contribution is 2.11. The zero-order valence-corrected chi connectivity index (χ0v) is 12.7. The van der Waals surface area contributed by atoms with Crippen LogP contribution in [-0.4, -0.2) is 72.3 Å². The lowest BCUT2D eigenvalue weighted by atomic mass is 10.1. The van der Waals surface area contributed by atoms with Gasteiger partial charge in [0.2, 0.25) is 17.7 Å². The summed E-state index contributed by atoms with van der Waals surface area (Å²) >= 11 is 0. The van der Waals surface area contributed by atoms with Crippen LogP contribution in [0.4, 0.5) is 0 Å². The van der Waals surface area contributed by atoms with E-state index >= 15 is 0 Å². The van der Waals surface area contributed by atoms with Gasteiger partial charge in [-0.05, 0) is 6.92 Å². The van der Waals surface area contributed by atoms with Crippen molar-refractivity contribution in [3.8, 4) is 0 Å². The number of amides is 3. The number of carbonyl (C=O) groups is 4. The van der Waals surface area contributed by atoms with E-state index in [9.17, 15) is 19.2 Å². The van der Waals surface area contributed by atoms with Gasteiger partial charge in [0.15, 0.2) is 0 Å². The van der Waals surface area contributed by atoms with Crippen LogP contribution in [0.2, 0.25) is 0 Å². The number of nitrogens with zero attached hydrogens (tertiary/aromatic N) is 2. The molecule has 1 rings (SSSR count). The summed E-state index contributed by atoms with van der Waals surface area (Å²) in [5.74, 6) is -1.45. The van der Waals surface area contributed by atoms with Gasteiger partial charge >= 0.3 is 5.97 Å². The molecule has 0 spiro atoms. The van der Waals surface area contributed by atoms with Crippen LogP contribution in [0, 0.1) is 0 Å². The van der Waals surface area contributed by atoms with Crippen LogP contribution in [0.5, 0.6) is 0 Å². The van der Waals surface area contributed by atoms with Gasteiger partial charge in [0.05, 0.1) is 13.7 Å². The van der Waals surface area contributed by atoms with Gasteiger partial charge in [-0.1, -0.05) is 0 Å². The number of carbonyl (C=O) groups excluding carboxylic acids is 4. The number of piperazine rings is 1. The van der Waals surface area contributed by atoms with Gasteiger partial charge in [-0.2, -0.15) is 0 Å². The third-order valence-electron chi connectivity index (χ3n) is 3.45. The molecule has 2 atom stereocenters. The Balaban J connectivity index is 2.81. The van der Waals surface area contributed by atoms with E-state index in [1.54, 1.807) is 0 Å². The maximum Gasteiger partial charge on any atom is 0.328 e. The normalized spacial score (nSPS) is 19.7. The maximum atomic E-state index is 12.3. The molecule has 0 bridgehead atoms. The van der Waals surface area contributed by atoms with Crippen molar-refractivity contribution in [1.82, 2.24) is 15.1 Å². The molecule has 0 aromatic heterocycles. The van der Waals surface area contributed by atoms with E-state index in [-0.39, 0.29) is 18.4 Å². The van der Waals surface area contributed by atoms with Gasteiger partial charge in [0.25, 0.3) is 0 Å². The molecule has 0 radical (unpaired) electrons. The molecule has 1 saturated heterocycles. The van der Waals surface area contributed by atoms with E-state index in [1.165, 1.54) is 37.7 Å². The minimum atomic E-state index is -0.816. The lowest BCUT2D eigenvalue weighted by molar-refractivity contribution is -0.149. The monoisotopic (exact) mass is 299 g/mol. The van der Waals surface area contributed by atoms with Crippen molar-refractivity contribution in [3.63, 3.8) is 0 Å². The zero-order chi connectivity index (χ0) is 16.2. The molecule has 1 aliphatic rings. The lowest BCUT2D eigenvalue weighted by Gasteiger charge is -2.40. The molecule has 1 N–H and O–H groups in total. The molecule has 3 amide bonds. The van der Waals surface area contributed by atoms with E-state index < -0.39 is 24.0 Å². The number of methoxy groups -OCH3 is 1. The first-order valence-corrected chi connectivity index (χ1v) is 6.68. The fraction of sp³-hybridized carbons (Fsp3) is 0.692. The van der Waals surface area contributed by atoms with Crippen molar-refractivity contribution in [1.29, 1.82) is 0 Å². The Hall–Kier alpha value is -2.12. The molecule has 0 aromatic rings. The van der Waals surface area contributed by atoms with Gasteiger partial charge in [-0.25, -0.2) is 4.79 Å². The first-order valence-electron chi connectivity index (χ1n) is 6.68. The van der Waals surface area contributed by atoms with Crippen molar-refractivity contribution >= 4 is 23.7 Å². The standard InChI is InChI=1S/C13H21N3O5/c1-8(13(20)21-4)14-12(19)11-7-15(9(2)17)5-6-16(11)10(3)18/h8,11H,5-7H2,1-4H3,(H,14,19). The van der Waals surface area contributed by atoms with Crippen LogP contribution in [0.25, 0.3) is 0 Å². The molecule has 1 fully saturated rings. The molecule has 8 nitrogen and oxygen atoms in total. The topological polar surface area (TPSA) is 96.0 Å². The highest BCUT2D eigenvalue weighted by atomic mass is 16.5. The average Bonchev–Trinajstić information content (AvgIpc) is 2.45. The molecule has 1 heterocycles. The fourth-order valence-electron chi connectivity index (χ4n) is 2.22. The molecule has 118 valence electrons. The molecule has 1 aliphatic heterocycles. The Bertz CT molecular complexity index is 451. The second kappa shape index (κ2) is 7.05. The summed E-state index contributed by atoms with van der Waals surface area (Å²) in [4.78, 5) is 49.6. The Morgan fingerprint density at radius 2 is 1.76 bits per heavy atom. The minimum absolute atomic E-state index is 0.120.